The van der Waals surface area contributed by atoms with Gasteiger partial charge >= 0.3 is 0 Å². The SMILES string of the molecule is COc1ccc(CN2CCN(C(C)C(=O)Nc3ccccc3-c3ccccc3)CC2)cc1F. The lowest BCUT2D eigenvalue weighted by Crippen LogP contribution is -2.52. The summed E-state index contributed by atoms with van der Waals surface area (Å²) in [4.78, 5) is 17.5. The van der Waals surface area contributed by atoms with E-state index >= 15 is 0 Å². The molecule has 4 rings (SSSR count). The van der Waals surface area contributed by atoms with Gasteiger partial charge in [0.05, 0.1) is 13.2 Å². The Morgan fingerprint density at radius 1 is 1.00 bits per heavy atom. The first-order chi connectivity index (χ1) is 16.0. The largest absolute Gasteiger partial charge is 0.494 e. The van der Waals surface area contributed by atoms with Crippen LogP contribution in [0.15, 0.2) is 72.8 Å². The minimum absolute atomic E-state index is 0.0101. The van der Waals surface area contributed by atoms with Crippen molar-refractivity contribution in [3.05, 3.63) is 84.2 Å². The number of methoxy groups -OCH3 is 1. The summed E-state index contributed by atoms with van der Waals surface area (Å²) in [5.41, 5.74) is 3.82. The van der Waals surface area contributed by atoms with Gasteiger partial charge in [0.25, 0.3) is 0 Å². The van der Waals surface area contributed by atoms with E-state index in [2.05, 4.69) is 15.1 Å². The second-order valence-electron chi connectivity index (χ2n) is 8.36. The van der Waals surface area contributed by atoms with Crippen LogP contribution in [-0.4, -0.2) is 55.0 Å². The van der Waals surface area contributed by atoms with Crippen LogP contribution in [0.2, 0.25) is 0 Å². The number of carbonyl (C=O) groups is 1. The number of nitrogens with zero attached hydrogens (tertiary/aromatic N) is 2. The number of halogens is 1. The number of piperazine rings is 1. The van der Waals surface area contributed by atoms with Crippen LogP contribution in [0.1, 0.15) is 12.5 Å². The first-order valence-corrected chi connectivity index (χ1v) is 11.3. The highest BCUT2D eigenvalue weighted by atomic mass is 19.1. The van der Waals surface area contributed by atoms with Crippen molar-refractivity contribution in [1.82, 2.24) is 9.80 Å². The summed E-state index contributed by atoms with van der Waals surface area (Å²) in [6, 6.07) is 22.8. The van der Waals surface area contributed by atoms with Crippen molar-refractivity contribution in [2.45, 2.75) is 19.5 Å². The van der Waals surface area contributed by atoms with Crippen LogP contribution in [0.4, 0.5) is 10.1 Å². The quantitative estimate of drug-likeness (QED) is 0.573. The van der Waals surface area contributed by atoms with Crippen molar-refractivity contribution < 1.29 is 13.9 Å². The molecule has 1 unspecified atom stereocenters. The number of carbonyl (C=O) groups excluding carboxylic acids is 1. The van der Waals surface area contributed by atoms with Crippen LogP contribution in [0, 0.1) is 5.82 Å². The van der Waals surface area contributed by atoms with Crippen molar-refractivity contribution in [1.29, 1.82) is 0 Å². The summed E-state index contributed by atoms with van der Waals surface area (Å²) in [5.74, 6) is -0.0870. The zero-order valence-electron chi connectivity index (χ0n) is 19.1. The fraction of sp³-hybridized carbons (Fsp3) is 0.296. The first-order valence-electron chi connectivity index (χ1n) is 11.3. The molecule has 0 bridgehead atoms. The standard InChI is InChI=1S/C27H30FN3O2/c1-20(27(32)29-25-11-7-6-10-23(25)22-8-4-3-5-9-22)31-16-14-30(15-17-31)19-21-12-13-26(33-2)24(28)18-21/h3-13,18,20H,14-17,19H2,1-2H3,(H,29,32). The lowest BCUT2D eigenvalue weighted by Gasteiger charge is -2.37. The molecule has 1 aliphatic heterocycles. The molecule has 6 heteroatoms. The van der Waals surface area contributed by atoms with Crippen molar-refractivity contribution in [3.8, 4) is 16.9 Å². The zero-order chi connectivity index (χ0) is 23.2. The molecule has 0 aromatic heterocycles. The molecule has 0 saturated carbocycles. The average Bonchev–Trinajstić information content (AvgIpc) is 2.85. The van der Waals surface area contributed by atoms with Gasteiger partial charge in [-0.2, -0.15) is 0 Å². The molecule has 0 radical (unpaired) electrons. The Hall–Kier alpha value is -3.22. The van der Waals surface area contributed by atoms with E-state index in [0.717, 1.165) is 48.6 Å². The highest BCUT2D eigenvalue weighted by Crippen LogP contribution is 2.28. The molecule has 1 amide bonds. The van der Waals surface area contributed by atoms with Crippen LogP contribution in [0.25, 0.3) is 11.1 Å². The number of anilines is 1. The van der Waals surface area contributed by atoms with Crippen molar-refractivity contribution in [3.63, 3.8) is 0 Å². The molecular weight excluding hydrogens is 417 g/mol. The van der Waals surface area contributed by atoms with Gasteiger partial charge in [0.15, 0.2) is 11.6 Å². The van der Waals surface area contributed by atoms with Gasteiger partial charge in [-0.1, -0.05) is 54.6 Å². The van der Waals surface area contributed by atoms with Crippen molar-refractivity contribution in [2.24, 2.45) is 0 Å². The van der Waals surface area contributed by atoms with E-state index in [9.17, 15) is 9.18 Å². The Morgan fingerprint density at radius 3 is 2.39 bits per heavy atom. The molecule has 0 aliphatic carbocycles. The van der Waals surface area contributed by atoms with E-state index in [1.165, 1.54) is 13.2 Å². The minimum atomic E-state index is -0.338. The van der Waals surface area contributed by atoms with Gasteiger partial charge < -0.3 is 10.1 Å². The van der Waals surface area contributed by atoms with Crippen molar-refractivity contribution in [2.75, 3.05) is 38.6 Å². The second kappa shape index (κ2) is 10.6. The van der Waals surface area contributed by atoms with Gasteiger partial charge in [0.2, 0.25) is 5.91 Å². The maximum atomic E-state index is 14.0. The predicted octanol–water partition coefficient (Wildman–Crippen LogP) is 4.65. The van der Waals surface area contributed by atoms with Gasteiger partial charge in [0.1, 0.15) is 0 Å². The number of hydrogen-bond donors (Lipinski definition) is 1. The summed E-state index contributed by atoms with van der Waals surface area (Å²) < 4.78 is 19.0. The Kier molecular flexibility index (Phi) is 7.37. The van der Waals surface area contributed by atoms with E-state index in [1.807, 2.05) is 67.6 Å². The third-order valence-electron chi connectivity index (χ3n) is 6.23. The molecule has 3 aromatic rings. The smallest absolute Gasteiger partial charge is 0.241 e. The van der Waals surface area contributed by atoms with E-state index < -0.39 is 0 Å². The predicted molar refractivity (Wildman–Crippen MR) is 130 cm³/mol. The van der Waals surface area contributed by atoms with Crippen LogP contribution < -0.4 is 10.1 Å². The maximum absolute atomic E-state index is 14.0. The van der Waals surface area contributed by atoms with Crippen LogP contribution >= 0.6 is 0 Å². The second-order valence-corrected chi connectivity index (χ2v) is 8.36. The fourth-order valence-corrected chi connectivity index (χ4v) is 4.24. The highest BCUT2D eigenvalue weighted by molar-refractivity contribution is 5.98. The number of ether oxygens (including phenoxy) is 1. The average molecular weight is 448 g/mol. The number of benzene rings is 3. The molecule has 1 N–H and O–H groups in total. The topological polar surface area (TPSA) is 44.8 Å². The molecule has 5 nitrogen and oxygen atoms in total. The molecule has 0 spiro atoms. The van der Waals surface area contributed by atoms with Gasteiger partial charge in [-0.05, 0) is 36.2 Å². The summed E-state index contributed by atoms with van der Waals surface area (Å²) in [6.07, 6.45) is 0. The fourth-order valence-electron chi connectivity index (χ4n) is 4.24. The summed E-state index contributed by atoms with van der Waals surface area (Å²) >= 11 is 0. The normalized spacial score (nSPS) is 15.7. The molecule has 1 fully saturated rings. The third-order valence-corrected chi connectivity index (χ3v) is 6.23. The minimum Gasteiger partial charge on any atom is -0.494 e. The van der Waals surface area contributed by atoms with E-state index in [0.29, 0.717) is 6.54 Å². The zero-order valence-corrected chi connectivity index (χ0v) is 19.1. The monoisotopic (exact) mass is 447 g/mol. The molecule has 1 heterocycles. The maximum Gasteiger partial charge on any atom is 0.241 e. The lowest BCUT2D eigenvalue weighted by molar-refractivity contribution is -0.121. The van der Waals surface area contributed by atoms with E-state index in [4.69, 9.17) is 4.74 Å². The number of amides is 1. The van der Waals surface area contributed by atoms with Crippen molar-refractivity contribution >= 4 is 11.6 Å². The van der Waals surface area contributed by atoms with Gasteiger partial charge in [-0.25, -0.2) is 4.39 Å². The van der Waals surface area contributed by atoms with Crippen LogP contribution in [0.5, 0.6) is 5.75 Å². The molecule has 1 atom stereocenters. The number of rotatable bonds is 7. The highest BCUT2D eigenvalue weighted by Gasteiger charge is 2.26. The van der Waals surface area contributed by atoms with Gasteiger partial charge in [-0.3, -0.25) is 14.6 Å². The van der Waals surface area contributed by atoms with Crippen LogP contribution in [-0.2, 0) is 11.3 Å². The molecule has 33 heavy (non-hydrogen) atoms. The molecular formula is C27H30FN3O2. The summed E-state index contributed by atoms with van der Waals surface area (Å²) in [7, 11) is 1.47. The Balaban J connectivity index is 1.33. The Bertz CT molecular complexity index is 1080. The first kappa shape index (κ1) is 23.0. The Morgan fingerprint density at radius 2 is 1.70 bits per heavy atom. The molecule has 3 aromatic carbocycles. The van der Waals surface area contributed by atoms with E-state index in [1.54, 1.807) is 6.07 Å². The lowest BCUT2D eigenvalue weighted by atomic mass is 10.0. The number of para-hydroxylation sites is 1. The Labute approximate surface area is 194 Å². The van der Waals surface area contributed by atoms with Gasteiger partial charge in [-0.15, -0.1) is 0 Å². The molecule has 172 valence electrons. The van der Waals surface area contributed by atoms with E-state index in [-0.39, 0.29) is 23.5 Å². The molecule has 1 aliphatic rings. The molecule has 1 saturated heterocycles. The van der Waals surface area contributed by atoms with Crippen LogP contribution in [0.3, 0.4) is 0 Å². The van der Waals surface area contributed by atoms with Gasteiger partial charge in [0, 0.05) is 44.0 Å². The number of nitrogens with one attached hydrogen (secondary N) is 1. The third kappa shape index (κ3) is 5.59. The summed E-state index contributed by atoms with van der Waals surface area (Å²) in [5, 5.41) is 3.13. The number of hydrogen-bond acceptors (Lipinski definition) is 4. The summed E-state index contributed by atoms with van der Waals surface area (Å²) in [6.45, 7) is 5.85.